The van der Waals surface area contributed by atoms with E-state index in [-0.39, 0.29) is 5.56 Å². The number of fused-ring (bicyclic) bond motifs is 1. The minimum Gasteiger partial charge on any atom is -0.381 e. The third-order valence-corrected chi connectivity index (χ3v) is 2.58. The summed E-state index contributed by atoms with van der Waals surface area (Å²) in [5.74, 6) is 0. The number of aromatic nitrogens is 2. The van der Waals surface area contributed by atoms with Crippen LogP contribution in [0.1, 0.15) is 13.8 Å². The van der Waals surface area contributed by atoms with Crippen molar-refractivity contribution >= 4 is 16.6 Å². The molecule has 0 aromatic carbocycles. The van der Waals surface area contributed by atoms with E-state index >= 15 is 0 Å². The second-order valence-electron chi connectivity index (χ2n) is 3.57. The molecule has 0 spiro atoms. The normalized spacial score (nSPS) is 10.6. The summed E-state index contributed by atoms with van der Waals surface area (Å²) in [5, 5.41) is 4.07. The first-order valence-corrected chi connectivity index (χ1v) is 5.49. The summed E-state index contributed by atoms with van der Waals surface area (Å²) in [7, 11) is 0. The number of nitrogens with zero attached hydrogens (tertiary/aromatic N) is 2. The summed E-state index contributed by atoms with van der Waals surface area (Å²) in [6.45, 7) is 5.35. The molecular weight excluding hydrogens is 202 g/mol. The van der Waals surface area contributed by atoms with Crippen molar-refractivity contribution in [3.8, 4) is 0 Å². The van der Waals surface area contributed by atoms with Gasteiger partial charge >= 0.3 is 0 Å². The van der Waals surface area contributed by atoms with Crippen LogP contribution in [0.4, 0.5) is 5.69 Å². The van der Waals surface area contributed by atoms with Crippen LogP contribution in [0.15, 0.2) is 29.3 Å². The molecule has 0 amide bonds. The van der Waals surface area contributed by atoms with Gasteiger partial charge in [-0.05, 0) is 26.0 Å². The van der Waals surface area contributed by atoms with Crippen molar-refractivity contribution in [3.05, 3.63) is 34.9 Å². The van der Waals surface area contributed by atoms with E-state index in [0.717, 1.165) is 17.4 Å². The van der Waals surface area contributed by atoms with Crippen molar-refractivity contribution in [1.82, 2.24) is 9.55 Å². The molecule has 0 bridgehead atoms. The maximum Gasteiger partial charge on any atom is 0.274 e. The van der Waals surface area contributed by atoms with E-state index < -0.39 is 0 Å². The smallest absolute Gasteiger partial charge is 0.274 e. The fourth-order valence-electron chi connectivity index (χ4n) is 1.86. The Morgan fingerprint density at radius 1 is 1.44 bits per heavy atom. The topological polar surface area (TPSA) is 46.9 Å². The Bertz CT molecular complexity index is 560. The number of rotatable bonds is 3. The van der Waals surface area contributed by atoms with E-state index in [1.54, 1.807) is 17.0 Å². The highest BCUT2D eigenvalue weighted by molar-refractivity contribution is 5.81. The van der Waals surface area contributed by atoms with Gasteiger partial charge in [0.1, 0.15) is 5.69 Å². The molecule has 4 heteroatoms. The summed E-state index contributed by atoms with van der Waals surface area (Å²) in [5.41, 5.74) is 1.61. The van der Waals surface area contributed by atoms with Crippen molar-refractivity contribution in [1.29, 1.82) is 0 Å². The number of aryl methyl sites for hydroxylation is 1. The third-order valence-electron chi connectivity index (χ3n) is 2.58. The summed E-state index contributed by atoms with van der Waals surface area (Å²) >= 11 is 0. The van der Waals surface area contributed by atoms with Crippen LogP contribution in [-0.2, 0) is 6.54 Å². The van der Waals surface area contributed by atoms with Crippen LogP contribution in [0.5, 0.6) is 0 Å². The lowest BCUT2D eigenvalue weighted by Gasteiger charge is -2.11. The van der Waals surface area contributed by atoms with Gasteiger partial charge in [-0.25, -0.2) is 0 Å². The quantitative estimate of drug-likeness (QED) is 0.853. The lowest BCUT2D eigenvalue weighted by Crippen LogP contribution is -2.23. The Kier molecular flexibility index (Phi) is 2.90. The molecule has 0 aliphatic heterocycles. The predicted molar refractivity (Wildman–Crippen MR) is 65.8 cm³/mol. The first-order chi connectivity index (χ1) is 7.77. The second-order valence-corrected chi connectivity index (χ2v) is 3.57. The van der Waals surface area contributed by atoms with Crippen LogP contribution >= 0.6 is 0 Å². The highest BCUT2D eigenvalue weighted by Gasteiger charge is 2.06. The average molecular weight is 217 g/mol. The van der Waals surface area contributed by atoms with Crippen LogP contribution in [0, 0.1) is 0 Å². The van der Waals surface area contributed by atoms with Crippen LogP contribution in [-0.4, -0.2) is 16.1 Å². The van der Waals surface area contributed by atoms with Crippen molar-refractivity contribution in [2.75, 3.05) is 11.9 Å². The fourth-order valence-corrected chi connectivity index (χ4v) is 1.86. The predicted octanol–water partition coefficient (Wildman–Crippen LogP) is 1.85. The fraction of sp³-hybridized carbons (Fsp3) is 0.333. The van der Waals surface area contributed by atoms with Gasteiger partial charge in [-0.2, -0.15) is 0 Å². The Morgan fingerprint density at radius 3 is 2.94 bits per heavy atom. The van der Waals surface area contributed by atoms with Gasteiger partial charge in [0.05, 0.1) is 5.52 Å². The molecule has 0 aliphatic carbocycles. The number of hydrogen-bond acceptors (Lipinski definition) is 3. The van der Waals surface area contributed by atoms with E-state index in [9.17, 15) is 4.79 Å². The lowest BCUT2D eigenvalue weighted by molar-refractivity contribution is 0.760. The molecule has 84 valence electrons. The van der Waals surface area contributed by atoms with Crippen LogP contribution < -0.4 is 10.9 Å². The van der Waals surface area contributed by atoms with Crippen LogP contribution in [0.2, 0.25) is 0 Å². The molecule has 0 fully saturated rings. The van der Waals surface area contributed by atoms with Gasteiger partial charge in [-0.1, -0.05) is 0 Å². The van der Waals surface area contributed by atoms with E-state index in [4.69, 9.17) is 0 Å². The van der Waals surface area contributed by atoms with Gasteiger partial charge in [0.2, 0.25) is 0 Å². The molecule has 1 N–H and O–H groups in total. The summed E-state index contributed by atoms with van der Waals surface area (Å²) in [6, 6.07) is 3.73. The van der Waals surface area contributed by atoms with Gasteiger partial charge in [-0.15, -0.1) is 0 Å². The van der Waals surface area contributed by atoms with Gasteiger partial charge in [0.15, 0.2) is 0 Å². The Morgan fingerprint density at radius 2 is 2.25 bits per heavy atom. The molecular formula is C12H15N3O. The molecule has 2 aromatic rings. The van der Waals surface area contributed by atoms with Crippen molar-refractivity contribution in [3.63, 3.8) is 0 Å². The summed E-state index contributed by atoms with van der Waals surface area (Å²) in [6.07, 6.45) is 3.49. The average Bonchev–Trinajstić information content (AvgIpc) is 2.31. The highest BCUT2D eigenvalue weighted by Crippen LogP contribution is 2.14. The molecule has 4 nitrogen and oxygen atoms in total. The molecule has 2 aromatic heterocycles. The van der Waals surface area contributed by atoms with Crippen LogP contribution in [0.25, 0.3) is 10.9 Å². The number of pyridine rings is 2. The molecule has 0 saturated carbocycles. The first-order valence-electron chi connectivity index (χ1n) is 5.49. The van der Waals surface area contributed by atoms with E-state index in [2.05, 4.69) is 10.3 Å². The van der Waals surface area contributed by atoms with Gasteiger partial charge in [-0.3, -0.25) is 9.78 Å². The Labute approximate surface area is 93.9 Å². The molecule has 2 rings (SSSR count). The summed E-state index contributed by atoms with van der Waals surface area (Å²) < 4.78 is 1.76. The van der Waals surface area contributed by atoms with Gasteiger partial charge in [0.25, 0.3) is 5.56 Å². The largest absolute Gasteiger partial charge is 0.381 e. The van der Waals surface area contributed by atoms with Crippen molar-refractivity contribution in [2.45, 2.75) is 20.4 Å². The molecule has 16 heavy (non-hydrogen) atoms. The molecule has 2 heterocycles. The molecule has 0 atom stereocenters. The standard InChI is InChI=1S/C12H15N3O/c1-3-14-10-7-9-8-13-6-5-11(9)15(4-2)12(10)16/h5-8,14H,3-4H2,1-2H3. The molecule has 0 radical (unpaired) electrons. The summed E-state index contributed by atoms with van der Waals surface area (Å²) in [4.78, 5) is 16.2. The third kappa shape index (κ3) is 1.66. The number of anilines is 1. The SMILES string of the molecule is CCNc1cc2cnccc2n(CC)c1=O. The monoisotopic (exact) mass is 217 g/mol. The molecule has 0 unspecified atom stereocenters. The van der Waals surface area contributed by atoms with E-state index in [1.165, 1.54) is 0 Å². The minimum absolute atomic E-state index is 0.0306. The van der Waals surface area contributed by atoms with Gasteiger partial charge in [0, 0.05) is 30.9 Å². The number of hydrogen-bond donors (Lipinski definition) is 1. The Balaban J connectivity index is 2.77. The zero-order valence-electron chi connectivity index (χ0n) is 9.53. The van der Waals surface area contributed by atoms with Crippen molar-refractivity contribution < 1.29 is 0 Å². The maximum atomic E-state index is 12.1. The highest BCUT2D eigenvalue weighted by atomic mass is 16.1. The zero-order chi connectivity index (χ0) is 11.5. The molecule has 0 aliphatic rings. The molecule has 0 saturated heterocycles. The first kappa shape index (κ1) is 10.7. The lowest BCUT2D eigenvalue weighted by atomic mass is 10.2. The number of nitrogens with one attached hydrogen (secondary N) is 1. The van der Waals surface area contributed by atoms with Crippen LogP contribution in [0.3, 0.4) is 0 Å². The maximum absolute atomic E-state index is 12.1. The Hall–Kier alpha value is -1.84. The zero-order valence-corrected chi connectivity index (χ0v) is 9.53. The van der Waals surface area contributed by atoms with E-state index in [0.29, 0.717) is 12.2 Å². The van der Waals surface area contributed by atoms with E-state index in [1.807, 2.05) is 26.0 Å². The van der Waals surface area contributed by atoms with Crippen molar-refractivity contribution in [2.24, 2.45) is 0 Å². The van der Waals surface area contributed by atoms with Gasteiger partial charge < -0.3 is 9.88 Å². The second kappa shape index (κ2) is 4.35. The minimum atomic E-state index is 0.0306.